The molecule has 1 aromatic heterocycles. The SMILES string of the molecule is COc1ncccc1N[C@@H]1CCO[C@H]1C. The van der Waals surface area contributed by atoms with Crippen LogP contribution in [0.4, 0.5) is 5.69 Å². The predicted molar refractivity (Wildman–Crippen MR) is 58.2 cm³/mol. The molecule has 4 nitrogen and oxygen atoms in total. The molecule has 0 spiro atoms. The van der Waals surface area contributed by atoms with Crippen LogP contribution in [0.2, 0.25) is 0 Å². The highest BCUT2D eigenvalue weighted by atomic mass is 16.5. The Bertz CT molecular complexity index is 330. The summed E-state index contributed by atoms with van der Waals surface area (Å²) in [6.07, 6.45) is 2.99. The van der Waals surface area contributed by atoms with Gasteiger partial charge in [0.1, 0.15) is 0 Å². The van der Waals surface area contributed by atoms with Crippen LogP contribution >= 0.6 is 0 Å². The Morgan fingerprint density at radius 2 is 2.47 bits per heavy atom. The largest absolute Gasteiger partial charge is 0.480 e. The number of anilines is 1. The van der Waals surface area contributed by atoms with E-state index < -0.39 is 0 Å². The smallest absolute Gasteiger partial charge is 0.237 e. The van der Waals surface area contributed by atoms with E-state index in [1.807, 2.05) is 12.1 Å². The van der Waals surface area contributed by atoms with Crippen molar-refractivity contribution in [2.24, 2.45) is 0 Å². The van der Waals surface area contributed by atoms with Crippen LogP contribution < -0.4 is 10.1 Å². The molecule has 0 unspecified atom stereocenters. The number of aromatic nitrogens is 1. The summed E-state index contributed by atoms with van der Waals surface area (Å²) in [6.45, 7) is 2.90. The monoisotopic (exact) mass is 208 g/mol. The highest BCUT2D eigenvalue weighted by molar-refractivity contribution is 5.52. The quantitative estimate of drug-likeness (QED) is 0.820. The van der Waals surface area contributed by atoms with E-state index in [-0.39, 0.29) is 6.10 Å². The number of nitrogens with zero attached hydrogens (tertiary/aromatic N) is 1. The van der Waals surface area contributed by atoms with Gasteiger partial charge in [0.25, 0.3) is 0 Å². The number of hydrogen-bond donors (Lipinski definition) is 1. The van der Waals surface area contributed by atoms with Crippen LogP contribution in [-0.4, -0.2) is 30.8 Å². The van der Waals surface area contributed by atoms with Gasteiger partial charge < -0.3 is 14.8 Å². The Morgan fingerprint density at radius 1 is 1.60 bits per heavy atom. The Kier molecular flexibility index (Phi) is 3.06. The van der Waals surface area contributed by atoms with E-state index in [9.17, 15) is 0 Å². The van der Waals surface area contributed by atoms with Gasteiger partial charge in [-0.15, -0.1) is 0 Å². The van der Waals surface area contributed by atoms with Gasteiger partial charge in [-0.25, -0.2) is 4.98 Å². The van der Waals surface area contributed by atoms with Gasteiger partial charge in [-0.05, 0) is 25.5 Å². The minimum atomic E-state index is 0.245. The fourth-order valence-corrected chi connectivity index (χ4v) is 1.78. The lowest BCUT2D eigenvalue weighted by molar-refractivity contribution is 0.121. The van der Waals surface area contributed by atoms with Gasteiger partial charge in [0.15, 0.2) is 0 Å². The van der Waals surface area contributed by atoms with Crippen LogP contribution in [0.15, 0.2) is 18.3 Å². The molecule has 1 aromatic rings. The van der Waals surface area contributed by atoms with Crippen molar-refractivity contribution >= 4 is 5.69 Å². The van der Waals surface area contributed by atoms with Gasteiger partial charge in [-0.3, -0.25) is 0 Å². The van der Waals surface area contributed by atoms with Gasteiger partial charge >= 0.3 is 0 Å². The van der Waals surface area contributed by atoms with Crippen LogP contribution in [-0.2, 0) is 4.74 Å². The zero-order valence-corrected chi connectivity index (χ0v) is 9.06. The second-order valence-electron chi connectivity index (χ2n) is 3.68. The molecule has 0 aliphatic carbocycles. The molecule has 2 atom stereocenters. The van der Waals surface area contributed by atoms with Crippen LogP contribution in [0, 0.1) is 0 Å². The maximum absolute atomic E-state index is 5.49. The van der Waals surface area contributed by atoms with E-state index in [1.165, 1.54) is 0 Å². The van der Waals surface area contributed by atoms with Crippen molar-refractivity contribution < 1.29 is 9.47 Å². The fourth-order valence-electron chi connectivity index (χ4n) is 1.78. The zero-order valence-electron chi connectivity index (χ0n) is 9.06. The van der Waals surface area contributed by atoms with Crippen molar-refractivity contribution in [3.8, 4) is 5.88 Å². The Morgan fingerprint density at radius 3 is 3.13 bits per heavy atom. The molecule has 1 N–H and O–H groups in total. The molecular formula is C11H16N2O2. The highest BCUT2D eigenvalue weighted by Gasteiger charge is 2.24. The first kappa shape index (κ1) is 10.2. The van der Waals surface area contributed by atoms with Crippen LogP contribution in [0.1, 0.15) is 13.3 Å². The van der Waals surface area contributed by atoms with Gasteiger partial charge in [0.2, 0.25) is 5.88 Å². The third-order valence-corrected chi connectivity index (χ3v) is 2.68. The van der Waals surface area contributed by atoms with E-state index in [4.69, 9.17) is 9.47 Å². The molecule has 15 heavy (non-hydrogen) atoms. The standard InChI is InChI=1S/C11H16N2O2/c1-8-9(5-7-15-8)13-10-4-3-6-12-11(10)14-2/h3-4,6,8-9,13H,5,7H2,1-2H3/t8-,9+/m0/s1. The topological polar surface area (TPSA) is 43.4 Å². The number of hydrogen-bond acceptors (Lipinski definition) is 4. The second kappa shape index (κ2) is 4.49. The lowest BCUT2D eigenvalue weighted by Gasteiger charge is -2.18. The third kappa shape index (κ3) is 2.21. The molecule has 1 saturated heterocycles. The molecule has 0 aromatic carbocycles. The average molecular weight is 208 g/mol. The van der Waals surface area contributed by atoms with Gasteiger partial charge in [0.05, 0.1) is 24.9 Å². The number of pyridine rings is 1. The molecule has 2 heterocycles. The zero-order chi connectivity index (χ0) is 10.7. The molecule has 0 bridgehead atoms. The molecule has 0 saturated carbocycles. The summed E-state index contributed by atoms with van der Waals surface area (Å²) in [5.74, 6) is 0.636. The minimum absolute atomic E-state index is 0.245. The molecule has 1 fully saturated rings. The van der Waals surface area contributed by atoms with E-state index in [0.29, 0.717) is 11.9 Å². The summed E-state index contributed by atoms with van der Waals surface area (Å²) in [7, 11) is 1.63. The van der Waals surface area contributed by atoms with Gasteiger partial charge in [-0.1, -0.05) is 0 Å². The molecule has 1 aliphatic rings. The van der Waals surface area contributed by atoms with Crippen LogP contribution in [0.5, 0.6) is 5.88 Å². The molecule has 4 heteroatoms. The van der Waals surface area contributed by atoms with Crippen molar-refractivity contribution in [2.75, 3.05) is 19.0 Å². The minimum Gasteiger partial charge on any atom is -0.480 e. The number of rotatable bonds is 3. The Balaban J connectivity index is 2.09. The second-order valence-corrected chi connectivity index (χ2v) is 3.68. The van der Waals surface area contributed by atoms with E-state index in [0.717, 1.165) is 18.7 Å². The van der Waals surface area contributed by atoms with Crippen LogP contribution in [0.25, 0.3) is 0 Å². The first-order chi connectivity index (χ1) is 7.31. The first-order valence-electron chi connectivity index (χ1n) is 5.18. The lowest BCUT2D eigenvalue weighted by atomic mass is 10.1. The first-order valence-corrected chi connectivity index (χ1v) is 5.18. The van der Waals surface area contributed by atoms with Gasteiger partial charge in [-0.2, -0.15) is 0 Å². The Hall–Kier alpha value is -1.29. The van der Waals surface area contributed by atoms with Crippen molar-refractivity contribution in [1.82, 2.24) is 4.98 Å². The predicted octanol–water partition coefficient (Wildman–Crippen LogP) is 1.68. The summed E-state index contributed by atoms with van der Waals surface area (Å²) in [5, 5.41) is 3.40. The molecule has 82 valence electrons. The van der Waals surface area contributed by atoms with Crippen LogP contribution in [0.3, 0.4) is 0 Å². The summed E-state index contributed by atoms with van der Waals surface area (Å²) in [4.78, 5) is 4.14. The Labute approximate surface area is 89.6 Å². The van der Waals surface area contributed by atoms with Crippen molar-refractivity contribution in [1.29, 1.82) is 0 Å². The molecular weight excluding hydrogens is 192 g/mol. The summed E-state index contributed by atoms with van der Waals surface area (Å²) >= 11 is 0. The molecule has 1 aliphatic heterocycles. The lowest BCUT2D eigenvalue weighted by Crippen LogP contribution is -2.26. The van der Waals surface area contributed by atoms with E-state index in [1.54, 1.807) is 13.3 Å². The van der Waals surface area contributed by atoms with Crippen molar-refractivity contribution in [3.05, 3.63) is 18.3 Å². The number of nitrogens with one attached hydrogen (secondary N) is 1. The number of methoxy groups -OCH3 is 1. The van der Waals surface area contributed by atoms with Crippen molar-refractivity contribution in [3.63, 3.8) is 0 Å². The maximum Gasteiger partial charge on any atom is 0.237 e. The summed E-state index contributed by atoms with van der Waals surface area (Å²) < 4.78 is 10.7. The summed E-state index contributed by atoms with van der Waals surface area (Å²) in [5.41, 5.74) is 0.933. The number of ether oxygens (including phenoxy) is 2. The van der Waals surface area contributed by atoms with E-state index in [2.05, 4.69) is 17.2 Å². The molecule has 0 radical (unpaired) electrons. The van der Waals surface area contributed by atoms with Gasteiger partial charge in [0, 0.05) is 12.8 Å². The summed E-state index contributed by atoms with van der Waals surface area (Å²) in [6, 6.07) is 4.21. The fraction of sp³-hybridized carbons (Fsp3) is 0.545. The highest BCUT2D eigenvalue weighted by Crippen LogP contribution is 2.24. The average Bonchev–Trinajstić information content (AvgIpc) is 2.65. The maximum atomic E-state index is 5.49. The van der Waals surface area contributed by atoms with E-state index >= 15 is 0 Å². The molecule has 2 rings (SSSR count). The van der Waals surface area contributed by atoms with Crippen molar-refractivity contribution in [2.45, 2.75) is 25.5 Å². The third-order valence-electron chi connectivity index (χ3n) is 2.68. The normalized spacial score (nSPS) is 25.2. The molecule has 0 amide bonds.